The lowest BCUT2D eigenvalue weighted by atomic mass is 9.96. The van der Waals surface area contributed by atoms with Crippen molar-refractivity contribution in [3.8, 4) is 0 Å². The number of hydrogen-bond acceptors (Lipinski definition) is 2. The number of nitrogens with zero attached hydrogens (tertiary/aromatic N) is 4. The molecule has 0 bridgehead atoms. The molecule has 2 aromatic rings. The number of hydrogen-bond donors (Lipinski definition) is 1. The van der Waals surface area contributed by atoms with Gasteiger partial charge in [-0.2, -0.15) is 5.10 Å². The monoisotopic (exact) mass is 511 g/mol. The maximum Gasteiger partial charge on any atom is 0.193 e. The van der Waals surface area contributed by atoms with E-state index in [1.54, 1.807) is 6.07 Å². The highest BCUT2D eigenvalue weighted by Gasteiger charge is 2.44. The second-order valence-electron chi connectivity index (χ2n) is 8.29. The van der Waals surface area contributed by atoms with E-state index in [1.165, 1.54) is 18.1 Å². The second-order valence-corrected chi connectivity index (χ2v) is 8.29. The maximum absolute atomic E-state index is 13.7. The third-order valence-electron chi connectivity index (χ3n) is 6.03. The highest BCUT2D eigenvalue weighted by molar-refractivity contribution is 14.0. The third-order valence-corrected chi connectivity index (χ3v) is 6.03. The summed E-state index contributed by atoms with van der Waals surface area (Å²) < 4.78 is 15.5. The molecule has 0 radical (unpaired) electrons. The number of likely N-dealkylation sites (tertiary alicyclic amines) is 1. The van der Waals surface area contributed by atoms with Crippen molar-refractivity contribution in [2.24, 2.45) is 18.0 Å². The molecule has 5 nitrogen and oxygen atoms in total. The van der Waals surface area contributed by atoms with Gasteiger partial charge in [-0.15, -0.1) is 24.0 Å². The molecule has 1 aromatic carbocycles. The van der Waals surface area contributed by atoms with E-state index in [1.807, 2.05) is 30.1 Å². The topological polar surface area (TPSA) is 45.5 Å². The van der Waals surface area contributed by atoms with Gasteiger partial charge in [0.15, 0.2) is 5.96 Å². The smallest absolute Gasteiger partial charge is 0.193 e. The van der Waals surface area contributed by atoms with Gasteiger partial charge in [0.1, 0.15) is 5.82 Å². The lowest BCUT2D eigenvalue weighted by molar-refractivity contribution is 0.458. The molecule has 7 heteroatoms. The molecule has 158 valence electrons. The molecular formula is C22H31FIN5. The van der Waals surface area contributed by atoms with E-state index < -0.39 is 0 Å². The van der Waals surface area contributed by atoms with E-state index in [0.717, 1.165) is 57.0 Å². The Morgan fingerprint density at radius 2 is 2.21 bits per heavy atom. The van der Waals surface area contributed by atoms with E-state index in [9.17, 15) is 4.39 Å². The van der Waals surface area contributed by atoms with Crippen molar-refractivity contribution < 1.29 is 4.39 Å². The van der Waals surface area contributed by atoms with Crippen molar-refractivity contribution in [3.05, 3.63) is 53.6 Å². The normalized spacial score (nSPS) is 20.4. The summed E-state index contributed by atoms with van der Waals surface area (Å²) in [7, 11) is 1.96. The molecule has 1 aliphatic heterocycles. The van der Waals surface area contributed by atoms with Gasteiger partial charge in [-0.3, -0.25) is 9.67 Å². The Morgan fingerprint density at radius 1 is 1.38 bits per heavy atom. The Kier molecular flexibility index (Phi) is 7.19. The van der Waals surface area contributed by atoms with Crippen LogP contribution in [-0.2, 0) is 18.9 Å². The van der Waals surface area contributed by atoms with Gasteiger partial charge in [-0.1, -0.05) is 12.1 Å². The molecule has 2 heterocycles. The molecular weight excluding hydrogens is 480 g/mol. The lowest BCUT2D eigenvalue weighted by Crippen LogP contribution is -2.40. The fraction of sp³-hybridized carbons (Fsp3) is 0.545. The number of guanidine groups is 1. The summed E-state index contributed by atoms with van der Waals surface area (Å²) in [6.07, 6.45) is 8.49. The van der Waals surface area contributed by atoms with E-state index in [2.05, 4.69) is 28.4 Å². The van der Waals surface area contributed by atoms with Crippen LogP contribution in [0.25, 0.3) is 0 Å². The molecule has 0 amide bonds. The molecule has 2 fully saturated rings. The predicted octanol–water partition coefficient (Wildman–Crippen LogP) is 3.74. The zero-order valence-corrected chi connectivity index (χ0v) is 19.6. The first-order valence-electron chi connectivity index (χ1n) is 10.3. The van der Waals surface area contributed by atoms with Crippen molar-refractivity contribution in [3.63, 3.8) is 0 Å². The molecule has 1 saturated heterocycles. The van der Waals surface area contributed by atoms with Crippen LogP contribution < -0.4 is 5.32 Å². The fourth-order valence-corrected chi connectivity index (χ4v) is 4.26. The van der Waals surface area contributed by atoms with Gasteiger partial charge in [-0.25, -0.2) is 4.39 Å². The Bertz CT molecular complexity index is 845. The number of aromatic nitrogens is 2. The SMILES string of the molecule is CCNC(=NCC1(c2cccc(F)c2)CC1)N1CCC(Cc2cnn(C)c2)C1.I. The molecule has 1 saturated carbocycles. The number of halogens is 2. The molecule has 1 unspecified atom stereocenters. The Morgan fingerprint density at radius 3 is 2.86 bits per heavy atom. The average Bonchev–Trinajstić information content (AvgIpc) is 3.15. The second kappa shape index (κ2) is 9.45. The first-order valence-corrected chi connectivity index (χ1v) is 10.3. The predicted molar refractivity (Wildman–Crippen MR) is 125 cm³/mol. The summed E-state index contributed by atoms with van der Waals surface area (Å²) in [5, 5.41) is 7.74. The van der Waals surface area contributed by atoms with Gasteiger partial charge >= 0.3 is 0 Å². The summed E-state index contributed by atoms with van der Waals surface area (Å²) in [6.45, 7) is 5.74. The van der Waals surface area contributed by atoms with E-state index in [4.69, 9.17) is 4.99 Å². The number of nitrogens with one attached hydrogen (secondary N) is 1. The van der Waals surface area contributed by atoms with E-state index in [-0.39, 0.29) is 35.2 Å². The highest BCUT2D eigenvalue weighted by Crippen LogP contribution is 2.48. The molecule has 29 heavy (non-hydrogen) atoms. The molecule has 1 aromatic heterocycles. The largest absolute Gasteiger partial charge is 0.357 e. The van der Waals surface area contributed by atoms with E-state index in [0.29, 0.717) is 5.92 Å². The summed E-state index contributed by atoms with van der Waals surface area (Å²) in [5.41, 5.74) is 2.42. The molecule has 4 rings (SSSR count). The van der Waals surface area contributed by atoms with Crippen LogP contribution >= 0.6 is 24.0 Å². The van der Waals surface area contributed by atoms with Gasteiger partial charge in [0.2, 0.25) is 0 Å². The van der Waals surface area contributed by atoms with Gasteiger partial charge in [0.25, 0.3) is 0 Å². The number of benzene rings is 1. The van der Waals surface area contributed by atoms with Crippen LogP contribution in [0.5, 0.6) is 0 Å². The minimum Gasteiger partial charge on any atom is -0.357 e. The maximum atomic E-state index is 13.7. The molecule has 0 spiro atoms. The molecule has 1 aliphatic carbocycles. The highest BCUT2D eigenvalue weighted by atomic mass is 127. The standard InChI is InChI=1S/C22H30FN5.HI/c1-3-24-21(25-16-22(8-9-22)19-5-4-6-20(23)12-19)28-10-7-17(15-28)11-18-13-26-27(2)14-18;/h4-6,12-14,17H,3,7-11,15-16H2,1-2H3,(H,24,25);1H. The first kappa shape index (κ1) is 22.1. The summed E-state index contributed by atoms with van der Waals surface area (Å²) >= 11 is 0. The molecule has 1 atom stereocenters. The number of aliphatic imine (C=N–C) groups is 1. The fourth-order valence-electron chi connectivity index (χ4n) is 4.26. The summed E-state index contributed by atoms with van der Waals surface area (Å²) in [4.78, 5) is 7.35. The number of rotatable bonds is 6. The van der Waals surface area contributed by atoms with Crippen molar-refractivity contribution in [2.75, 3.05) is 26.2 Å². The summed E-state index contributed by atoms with van der Waals surface area (Å²) in [5.74, 6) is 1.47. The van der Waals surface area contributed by atoms with Gasteiger partial charge in [0, 0.05) is 38.3 Å². The molecule has 1 N–H and O–H groups in total. The average molecular weight is 511 g/mol. The van der Waals surface area contributed by atoms with Crippen LogP contribution in [0.4, 0.5) is 4.39 Å². The van der Waals surface area contributed by atoms with Gasteiger partial charge < -0.3 is 10.2 Å². The van der Waals surface area contributed by atoms with Gasteiger partial charge in [0.05, 0.1) is 12.7 Å². The zero-order chi connectivity index (χ0) is 19.6. The molecule has 2 aliphatic rings. The minimum absolute atomic E-state index is 0. The third kappa shape index (κ3) is 5.29. The Labute approximate surface area is 189 Å². The Hall–Kier alpha value is -1.64. The van der Waals surface area contributed by atoms with Crippen molar-refractivity contribution in [1.29, 1.82) is 0 Å². The van der Waals surface area contributed by atoms with Crippen LogP contribution in [-0.4, -0.2) is 46.8 Å². The van der Waals surface area contributed by atoms with Crippen molar-refractivity contribution >= 4 is 29.9 Å². The van der Waals surface area contributed by atoms with Crippen LogP contribution in [0.15, 0.2) is 41.7 Å². The van der Waals surface area contributed by atoms with E-state index >= 15 is 0 Å². The van der Waals surface area contributed by atoms with Crippen LogP contribution in [0.1, 0.15) is 37.3 Å². The zero-order valence-electron chi connectivity index (χ0n) is 17.3. The van der Waals surface area contributed by atoms with Crippen LogP contribution in [0, 0.1) is 11.7 Å². The minimum atomic E-state index is -0.155. The Balaban J connectivity index is 0.00000240. The van der Waals surface area contributed by atoms with Crippen molar-refractivity contribution in [1.82, 2.24) is 20.0 Å². The van der Waals surface area contributed by atoms with Crippen molar-refractivity contribution in [2.45, 2.75) is 38.0 Å². The number of aryl methyl sites for hydroxylation is 1. The first-order chi connectivity index (χ1) is 13.6. The van der Waals surface area contributed by atoms with Crippen LogP contribution in [0.3, 0.4) is 0 Å². The quantitative estimate of drug-likeness (QED) is 0.365. The van der Waals surface area contributed by atoms with Gasteiger partial charge in [-0.05, 0) is 61.8 Å². The lowest BCUT2D eigenvalue weighted by Gasteiger charge is -2.23. The summed E-state index contributed by atoms with van der Waals surface area (Å²) in [6, 6.07) is 7.04. The van der Waals surface area contributed by atoms with Crippen LogP contribution in [0.2, 0.25) is 0 Å².